The Kier molecular flexibility index (Phi) is 8.62. The summed E-state index contributed by atoms with van der Waals surface area (Å²) in [4.78, 5) is 4.52. The number of rotatable bonds is 8. The molecule has 5 heteroatoms. The Hall–Kier alpha value is -0.810. The van der Waals surface area contributed by atoms with E-state index in [1.807, 2.05) is 0 Å². The molecule has 1 aliphatic rings. The van der Waals surface area contributed by atoms with Gasteiger partial charge in [0, 0.05) is 39.1 Å². The van der Waals surface area contributed by atoms with Crippen LogP contribution in [0.4, 0.5) is 0 Å². The molecule has 20 heavy (non-hydrogen) atoms. The van der Waals surface area contributed by atoms with Crippen molar-refractivity contribution in [1.29, 1.82) is 0 Å². The average Bonchev–Trinajstić information content (AvgIpc) is 2.45. The summed E-state index contributed by atoms with van der Waals surface area (Å²) in [6.45, 7) is 7.75. The van der Waals surface area contributed by atoms with E-state index in [4.69, 9.17) is 4.74 Å². The van der Waals surface area contributed by atoms with Gasteiger partial charge in [-0.05, 0) is 13.3 Å². The van der Waals surface area contributed by atoms with E-state index >= 15 is 0 Å². The number of unbranched alkanes of at least 4 members (excludes halogenated alkanes) is 3. The van der Waals surface area contributed by atoms with Gasteiger partial charge < -0.3 is 20.5 Å². The van der Waals surface area contributed by atoms with E-state index in [-0.39, 0.29) is 0 Å². The van der Waals surface area contributed by atoms with Crippen LogP contribution in [0.5, 0.6) is 0 Å². The van der Waals surface area contributed by atoms with Crippen LogP contribution < -0.4 is 10.6 Å². The second-order valence-corrected chi connectivity index (χ2v) is 5.52. The molecular weight excluding hydrogens is 254 g/mol. The third-order valence-electron chi connectivity index (χ3n) is 3.62. The largest absolute Gasteiger partial charge is 0.388 e. The quantitative estimate of drug-likeness (QED) is 0.360. The summed E-state index contributed by atoms with van der Waals surface area (Å²) in [5, 5.41) is 16.9. The Bertz CT molecular complexity index is 276. The maximum atomic E-state index is 10.4. The van der Waals surface area contributed by atoms with Crippen LogP contribution in [0.3, 0.4) is 0 Å². The number of nitrogens with zero attached hydrogens (tertiary/aromatic N) is 1. The Labute approximate surface area is 123 Å². The lowest BCUT2D eigenvalue weighted by molar-refractivity contribution is -0.0565. The van der Waals surface area contributed by atoms with Crippen molar-refractivity contribution in [1.82, 2.24) is 10.6 Å². The highest BCUT2D eigenvalue weighted by Crippen LogP contribution is 2.20. The predicted molar refractivity (Wildman–Crippen MR) is 83.1 cm³/mol. The van der Waals surface area contributed by atoms with E-state index in [2.05, 4.69) is 29.5 Å². The van der Waals surface area contributed by atoms with Crippen LogP contribution in [-0.4, -0.2) is 49.5 Å². The Morgan fingerprint density at radius 2 is 1.90 bits per heavy atom. The minimum Gasteiger partial charge on any atom is -0.388 e. The number of aliphatic hydroxyl groups is 1. The maximum absolute atomic E-state index is 10.4. The molecular formula is C15H31N3O2. The summed E-state index contributed by atoms with van der Waals surface area (Å²) < 4.78 is 5.28. The van der Waals surface area contributed by atoms with Crippen LogP contribution >= 0.6 is 0 Å². The molecule has 1 fully saturated rings. The second kappa shape index (κ2) is 10.00. The van der Waals surface area contributed by atoms with Crippen LogP contribution in [0, 0.1) is 0 Å². The van der Waals surface area contributed by atoms with Crippen molar-refractivity contribution in [3.63, 3.8) is 0 Å². The van der Waals surface area contributed by atoms with Crippen molar-refractivity contribution < 1.29 is 9.84 Å². The molecule has 0 spiro atoms. The monoisotopic (exact) mass is 285 g/mol. The molecule has 0 aromatic carbocycles. The zero-order chi connectivity index (χ0) is 14.7. The van der Waals surface area contributed by atoms with Gasteiger partial charge in [0.25, 0.3) is 0 Å². The van der Waals surface area contributed by atoms with Gasteiger partial charge in [-0.3, -0.25) is 4.99 Å². The number of guanidine groups is 1. The number of hydrogen-bond acceptors (Lipinski definition) is 3. The molecule has 118 valence electrons. The number of ether oxygens (including phenoxy) is 1. The van der Waals surface area contributed by atoms with Crippen molar-refractivity contribution in [2.24, 2.45) is 4.99 Å². The molecule has 1 rings (SSSR count). The van der Waals surface area contributed by atoms with Crippen LogP contribution in [0.25, 0.3) is 0 Å². The van der Waals surface area contributed by atoms with E-state index in [1.54, 1.807) is 0 Å². The Balaban J connectivity index is 2.33. The topological polar surface area (TPSA) is 65.9 Å². The highest BCUT2D eigenvalue weighted by molar-refractivity contribution is 5.79. The van der Waals surface area contributed by atoms with Gasteiger partial charge in [0.05, 0.1) is 12.1 Å². The molecule has 5 nitrogen and oxygen atoms in total. The zero-order valence-electron chi connectivity index (χ0n) is 13.1. The predicted octanol–water partition coefficient (Wildman–Crippen LogP) is 1.66. The van der Waals surface area contributed by atoms with Gasteiger partial charge in [-0.15, -0.1) is 0 Å². The molecule has 0 aromatic rings. The first-order chi connectivity index (χ1) is 9.70. The summed E-state index contributed by atoms with van der Waals surface area (Å²) in [7, 11) is 0. The number of aliphatic imine (C=N–C) groups is 1. The van der Waals surface area contributed by atoms with Gasteiger partial charge in [0.2, 0.25) is 0 Å². The molecule has 1 aliphatic heterocycles. The molecule has 3 N–H and O–H groups in total. The zero-order valence-corrected chi connectivity index (χ0v) is 13.1. The van der Waals surface area contributed by atoms with Gasteiger partial charge in [0.1, 0.15) is 0 Å². The van der Waals surface area contributed by atoms with Gasteiger partial charge >= 0.3 is 0 Å². The normalized spacial score (nSPS) is 18.9. The molecule has 0 atom stereocenters. The molecule has 1 heterocycles. The Morgan fingerprint density at radius 3 is 2.55 bits per heavy atom. The first kappa shape index (κ1) is 17.2. The van der Waals surface area contributed by atoms with E-state index in [0.717, 1.165) is 25.5 Å². The van der Waals surface area contributed by atoms with Gasteiger partial charge in [-0.2, -0.15) is 0 Å². The second-order valence-electron chi connectivity index (χ2n) is 5.52. The minimum atomic E-state index is -0.692. The molecule has 0 radical (unpaired) electrons. The highest BCUT2D eigenvalue weighted by atomic mass is 16.5. The summed E-state index contributed by atoms with van der Waals surface area (Å²) >= 11 is 0. The molecule has 0 saturated carbocycles. The van der Waals surface area contributed by atoms with Crippen LogP contribution in [0.15, 0.2) is 4.99 Å². The van der Waals surface area contributed by atoms with E-state index in [1.165, 1.54) is 19.3 Å². The molecule has 0 bridgehead atoms. The fraction of sp³-hybridized carbons (Fsp3) is 0.933. The summed E-state index contributed by atoms with van der Waals surface area (Å²) in [5.41, 5.74) is -0.692. The van der Waals surface area contributed by atoms with Crippen molar-refractivity contribution in [2.75, 3.05) is 32.8 Å². The van der Waals surface area contributed by atoms with Crippen molar-refractivity contribution in [3.05, 3.63) is 0 Å². The van der Waals surface area contributed by atoms with E-state index in [9.17, 15) is 5.11 Å². The van der Waals surface area contributed by atoms with Crippen LogP contribution in [0.1, 0.15) is 52.4 Å². The summed E-state index contributed by atoms with van der Waals surface area (Å²) in [5.74, 6) is 0.809. The lowest BCUT2D eigenvalue weighted by atomic mass is 9.95. The van der Waals surface area contributed by atoms with Crippen molar-refractivity contribution in [3.8, 4) is 0 Å². The van der Waals surface area contributed by atoms with Crippen molar-refractivity contribution in [2.45, 2.75) is 58.0 Å². The lowest BCUT2D eigenvalue weighted by Crippen LogP contribution is -2.42. The SMILES string of the molecule is CCCCCCNC(=NCC1(O)CCOCC1)NCC. The van der Waals surface area contributed by atoms with Crippen LogP contribution in [0.2, 0.25) is 0 Å². The molecule has 0 unspecified atom stereocenters. The average molecular weight is 285 g/mol. The third-order valence-corrected chi connectivity index (χ3v) is 3.62. The van der Waals surface area contributed by atoms with Crippen LogP contribution in [-0.2, 0) is 4.74 Å². The number of hydrogen-bond donors (Lipinski definition) is 3. The standard InChI is InChI=1S/C15H31N3O2/c1-3-5-6-7-10-17-14(16-4-2)18-13-15(19)8-11-20-12-9-15/h19H,3-13H2,1-2H3,(H2,16,17,18). The number of nitrogens with one attached hydrogen (secondary N) is 2. The van der Waals surface area contributed by atoms with Gasteiger partial charge in [-0.25, -0.2) is 0 Å². The molecule has 1 saturated heterocycles. The van der Waals surface area contributed by atoms with E-state index in [0.29, 0.717) is 32.6 Å². The van der Waals surface area contributed by atoms with Gasteiger partial charge in [-0.1, -0.05) is 26.2 Å². The lowest BCUT2D eigenvalue weighted by Gasteiger charge is -2.30. The minimum absolute atomic E-state index is 0.445. The maximum Gasteiger partial charge on any atom is 0.191 e. The first-order valence-corrected chi connectivity index (χ1v) is 8.02. The molecule has 0 aliphatic carbocycles. The van der Waals surface area contributed by atoms with Crippen molar-refractivity contribution >= 4 is 5.96 Å². The molecule has 0 amide bonds. The fourth-order valence-corrected chi connectivity index (χ4v) is 2.24. The Morgan fingerprint density at radius 1 is 1.15 bits per heavy atom. The third kappa shape index (κ3) is 7.10. The summed E-state index contributed by atoms with van der Waals surface area (Å²) in [6.07, 6.45) is 6.30. The first-order valence-electron chi connectivity index (χ1n) is 8.02. The summed E-state index contributed by atoms with van der Waals surface area (Å²) in [6, 6.07) is 0. The fourth-order valence-electron chi connectivity index (χ4n) is 2.24. The smallest absolute Gasteiger partial charge is 0.191 e. The molecule has 0 aromatic heterocycles. The van der Waals surface area contributed by atoms with E-state index < -0.39 is 5.60 Å². The highest BCUT2D eigenvalue weighted by Gasteiger charge is 2.29. The van der Waals surface area contributed by atoms with Gasteiger partial charge in [0.15, 0.2) is 5.96 Å².